The van der Waals surface area contributed by atoms with Gasteiger partial charge in [0.2, 0.25) is 0 Å². The quantitative estimate of drug-likeness (QED) is 0.704. The molecule has 0 bridgehead atoms. The molecule has 1 amide bonds. The molecule has 0 saturated carbocycles. The number of nitrogens with one attached hydrogen (secondary N) is 1. The summed E-state index contributed by atoms with van der Waals surface area (Å²) in [4.78, 5) is 19.0. The van der Waals surface area contributed by atoms with E-state index in [0.29, 0.717) is 11.8 Å². The highest BCUT2D eigenvalue weighted by molar-refractivity contribution is 5.98. The van der Waals surface area contributed by atoms with E-state index in [1.54, 1.807) is 19.0 Å². The van der Waals surface area contributed by atoms with Crippen LogP contribution in [0.5, 0.6) is 0 Å². The van der Waals surface area contributed by atoms with E-state index in [1.807, 2.05) is 6.07 Å². The summed E-state index contributed by atoms with van der Waals surface area (Å²) in [6.45, 7) is 7.28. The number of fused-ring (bicyclic) bond motifs is 2. The van der Waals surface area contributed by atoms with Gasteiger partial charge in [-0.15, -0.1) is 0 Å². The predicted octanol–water partition coefficient (Wildman–Crippen LogP) is 3.80. The number of hydrogen-bond acceptors (Lipinski definition) is 4. The molecule has 0 fully saturated rings. The van der Waals surface area contributed by atoms with Crippen LogP contribution in [0.2, 0.25) is 0 Å². The van der Waals surface area contributed by atoms with E-state index < -0.39 is 5.41 Å². The molecule has 1 aliphatic heterocycles. The summed E-state index contributed by atoms with van der Waals surface area (Å²) in [6.07, 6.45) is 10.4. The van der Waals surface area contributed by atoms with Crippen molar-refractivity contribution in [2.24, 2.45) is 16.6 Å². The minimum absolute atomic E-state index is 0.0180. The Bertz CT molecular complexity index is 883. The van der Waals surface area contributed by atoms with Gasteiger partial charge in [-0.3, -0.25) is 15.1 Å². The molecule has 2 unspecified atom stereocenters. The zero-order chi connectivity index (χ0) is 21.9. The molecule has 2 aliphatic rings. The Hall–Kier alpha value is -2.40. The van der Waals surface area contributed by atoms with E-state index in [1.165, 1.54) is 16.7 Å². The van der Waals surface area contributed by atoms with Crippen LogP contribution in [-0.2, 0) is 11.8 Å². The lowest BCUT2D eigenvalue weighted by Crippen LogP contribution is -2.42. The average Bonchev–Trinajstić information content (AvgIpc) is 2.94. The van der Waals surface area contributed by atoms with Gasteiger partial charge >= 0.3 is 0 Å². The van der Waals surface area contributed by atoms with Crippen molar-refractivity contribution in [3.05, 3.63) is 58.7 Å². The topological polar surface area (TPSA) is 70.7 Å². The van der Waals surface area contributed by atoms with E-state index >= 15 is 0 Å². The highest BCUT2D eigenvalue weighted by Gasteiger charge is 2.48. The monoisotopic (exact) mass is 408 g/mol. The number of rotatable bonds is 6. The van der Waals surface area contributed by atoms with Crippen molar-refractivity contribution in [3.63, 3.8) is 0 Å². The molecule has 3 rings (SSSR count). The number of aliphatic imine (C=N–C) groups is 1. The Morgan fingerprint density at radius 2 is 2.20 bits per heavy atom. The van der Waals surface area contributed by atoms with Crippen molar-refractivity contribution in [1.29, 1.82) is 0 Å². The first-order chi connectivity index (χ1) is 14.3. The highest BCUT2D eigenvalue weighted by Crippen LogP contribution is 2.47. The second-order valence-electron chi connectivity index (χ2n) is 8.74. The van der Waals surface area contributed by atoms with E-state index in [0.717, 1.165) is 37.8 Å². The number of nitrogens with zero attached hydrogens (tertiary/aromatic N) is 2. The number of benzene rings is 1. The maximum atomic E-state index is 12.6. The third-order valence-corrected chi connectivity index (χ3v) is 6.31. The molecule has 3 N–H and O–H groups in total. The third kappa shape index (κ3) is 4.08. The third-order valence-electron chi connectivity index (χ3n) is 6.31. The van der Waals surface area contributed by atoms with Gasteiger partial charge in [0.15, 0.2) is 0 Å². The fourth-order valence-corrected chi connectivity index (χ4v) is 4.97. The molecular formula is C25H36N4O. The summed E-state index contributed by atoms with van der Waals surface area (Å²) in [5.41, 5.74) is 10.8. The standard InChI is InChI=1S/C25H36N4O/c1-6-9-17(3)14-20-11-8-10-18-15-19(23(30)29(4)5)12-13-21(18)25(20)16-22(27-7-2)28-24(25)26/h6,9,11-13,15,17,22,27H,7-8,10,14,16H2,1-5H3,(H2,26,28)/b9-6-/t17?,22-,25?/m1/s1. The number of nitrogens with two attached hydrogens (primary N) is 1. The summed E-state index contributed by atoms with van der Waals surface area (Å²) in [5.74, 6) is 1.16. The maximum Gasteiger partial charge on any atom is 0.253 e. The minimum atomic E-state index is -0.395. The van der Waals surface area contributed by atoms with Gasteiger partial charge in [-0.2, -0.15) is 0 Å². The number of amides is 1. The lowest BCUT2D eigenvalue weighted by Gasteiger charge is -2.35. The molecule has 162 valence electrons. The summed E-state index contributed by atoms with van der Waals surface area (Å²) >= 11 is 0. The second-order valence-corrected chi connectivity index (χ2v) is 8.74. The normalized spacial score (nSPS) is 24.4. The first-order valence-corrected chi connectivity index (χ1v) is 11.1. The largest absolute Gasteiger partial charge is 0.386 e. The van der Waals surface area contributed by atoms with Crippen molar-refractivity contribution in [2.45, 2.75) is 58.0 Å². The van der Waals surface area contributed by atoms with Crippen LogP contribution in [0.4, 0.5) is 0 Å². The van der Waals surface area contributed by atoms with Gasteiger partial charge < -0.3 is 10.6 Å². The molecule has 5 heteroatoms. The molecule has 1 aromatic rings. The van der Waals surface area contributed by atoms with Crippen LogP contribution in [0.15, 0.2) is 47.0 Å². The fourth-order valence-electron chi connectivity index (χ4n) is 4.97. The molecule has 0 saturated heterocycles. The van der Waals surface area contributed by atoms with Gasteiger partial charge in [0, 0.05) is 26.1 Å². The van der Waals surface area contributed by atoms with Crippen molar-refractivity contribution >= 4 is 11.7 Å². The SMILES string of the molecule is C/C=C\C(C)CC1=CCCc2cc(C(=O)N(C)C)ccc2C12C[C@H](NCC)N=C2N. The number of carbonyl (C=O) groups excluding carboxylic acids is 1. The molecule has 0 aromatic heterocycles. The van der Waals surface area contributed by atoms with E-state index in [-0.39, 0.29) is 12.1 Å². The van der Waals surface area contributed by atoms with Crippen LogP contribution >= 0.6 is 0 Å². The lowest BCUT2D eigenvalue weighted by atomic mass is 9.68. The Morgan fingerprint density at radius 3 is 2.87 bits per heavy atom. The zero-order valence-electron chi connectivity index (χ0n) is 19.0. The Morgan fingerprint density at radius 1 is 1.43 bits per heavy atom. The minimum Gasteiger partial charge on any atom is -0.386 e. The number of carbonyl (C=O) groups is 1. The van der Waals surface area contributed by atoms with Crippen LogP contribution in [0.1, 0.15) is 61.5 Å². The number of allylic oxidation sites excluding steroid dienone is 3. The predicted molar refractivity (Wildman–Crippen MR) is 125 cm³/mol. The van der Waals surface area contributed by atoms with Gasteiger partial charge in [-0.1, -0.05) is 43.7 Å². The average molecular weight is 409 g/mol. The van der Waals surface area contributed by atoms with Crippen molar-refractivity contribution in [2.75, 3.05) is 20.6 Å². The van der Waals surface area contributed by atoms with E-state index in [4.69, 9.17) is 10.7 Å². The molecule has 5 nitrogen and oxygen atoms in total. The van der Waals surface area contributed by atoms with Crippen LogP contribution in [0.25, 0.3) is 0 Å². The van der Waals surface area contributed by atoms with E-state index in [2.05, 4.69) is 56.4 Å². The van der Waals surface area contributed by atoms with E-state index in [9.17, 15) is 4.79 Å². The number of hydrogen-bond donors (Lipinski definition) is 2. The van der Waals surface area contributed by atoms with Crippen molar-refractivity contribution < 1.29 is 4.79 Å². The van der Waals surface area contributed by atoms with Crippen LogP contribution in [-0.4, -0.2) is 43.4 Å². The first kappa shape index (κ1) is 22.3. The van der Waals surface area contributed by atoms with Gasteiger partial charge in [-0.05, 0) is 61.9 Å². The van der Waals surface area contributed by atoms with Gasteiger partial charge in [0.1, 0.15) is 12.0 Å². The number of aryl methyl sites for hydroxylation is 1. The number of amidine groups is 1. The lowest BCUT2D eigenvalue weighted by molar-refractivity contribution is 0.0827. The fraction of sp³-hybridized carbons (Fsp3) is 0.520. The van der Waals surface area contributed by atoms with Crippen LogP contribution in [0, 0.1) is 5.92 Å². The van der Waals surface area contributed by atoms with Crippen molar-refractivity contribution in [1.82, 2.24) is 10.2 Å². The second kappa shape index (κ2) is 9.17. The Kier molecular flexibility index (Phi) is 6.81. The molecule has 0 radical (unpaired) electrons. The summed E-state index contributed by atoms with van der Waals surface area (Å²) in [7, 11) is 3.58. The maximum absolute atomic E-state index is 12.6. The van der Waals surface area contributed by atoms with Gasteiger partial charge in [0.25, 0.3) is 5.91 Å². The Labute approximate surface area is 181 Å². The summed E-state index contributed by atoms with van der Waals surface area (Å²) < 4.78 is 0. The molecule has 1 spiro atoms. The molecule has 1 heterocycles. The zero-order valence-corrected chi connectivity index (χ0v) is 19.0. The summed E-state index contributed by atoms with van der Waals surface area (Å²) in [5, 5.41) is 3.47. The van der Waals surface area contributed by atoms with Crippen molar-refractivity contribution in [3.8, 4) is 0 Å². The smallest absolute Gasteiger partial charge is 0.253 e. The van der Waals surface area contributed by atoms with Crippen LogP contribution < -0.4 is 11.1 Å². The Balaban J connectivity index is 2.12. The van der Waals surface area contributed by atoms with Gasteiger partial charge in [0.05, 0.1) is 5.41 Å². The molecule has 1 aliphatic carbocycles. The molecule has 30 heavy (non-hydrogen) atoms. The molecular weight excluding hydrogens is 372 g/mol. The van der Waals surface area contributed by atoms with Gasteiger partial charge in [-0.25, -0.2) is 0 Å². The molecule has 3 atom stereocenters. The highest BCUT2D eigenvalue weighted by atomic mass is 16.2. The summed E-state index contributed by atoms with van der Waals surface area (Å²) in [6, 6.07) is 6.15. The molecule has 1 aromatic carbocycles. The van der Waals surface area contributed by atoms with Crippen LogP contribution in [0.3, 0.4) is 0 Å². The first-order valence-electron chi connectivity index (χ1n) is 11.1.